The van der Waals surface area contributed by atoms with E-state index in [9.17, 15) is 39.6 Å². The number of carbonyl (C=O) groups is 1. The number of hydrogen-bond acceptors (Lipinski definition) is 6. The molecule has 220 valence electrons. The molecule has 0 unspecified atom stereocenters. The third kappa shape index (κ3) is 6.89. The van der Waals surface area contributed by atoms with Crippen LogP contribution >= 0.6 is 0 Å². The lowest BCUT2D eigenvalue weighted by Gasteiger charge is -2.24. The fourth-order valence-electron chi connectivity index (χ4n) is 4.06. The van der Waals surface area contributed by atoms with E-state index in [-0.39, 0.29) is 28.5 Å². The number of para-hydroxylation sites is 1. The molecule has 0 saturated heterocycles. The molecule has 0 spiro atoms. The number of nitrogens with zero attached hydrogens (tertiary/aromatic N) is 1. The van der Waals surface area contributed by atoms with Crippen molar-refractivity contribution in [1.29, 1.82) is 0 Å². The van der Waals surface area contributed by atoms with Crippen LogP contribution in [0.15, 0.2) is 99.5 Å². The number of rotatable bonds is 8. The van der Waals surface area contributed by atoms with Crippen molar-refractivity contribution < 1.29 is 34.8 Å². The Morgan fingerprint density at radius 3 is 2.14 bits per heavy atom. The lowest BCUT2D eigenvalue weighted by atomic mass is 10.1. The number of sulfone groups is 1. The molecule has 4 aromatic rings. The Bertz CT molecular complexity index is 1910. The number of aromatic nitrogens is 1. The first kappa shape index (κ1) is 30.5. The van der Waals surface area contributed by atoms with Crippen LogP contribution in [0.5, 0.6) is 0 Å². The van der Waals surface area contributed by atoms with E-state index in [0.717, 1.165) is 35.4 Å². The van der Waals surface area contributed by atoms with Crippen molar-refractivity contribution in [3.63, 3.8) is 0 Å². The minimum Gasteiger partial charge on any atom is -0.324 e. The van der Waals surface area contributed by atoms with Crippen LogP contribution in [-0.2, 0) is 32.6 Å². The Morgan fingerprint density at radius 1 is 0.905 bits per heavy atom. The molecular formula is C28H24F3N3O6S2. The normalized spacial score (nSPS) is 12.1. The van der Waals surface area contributed by atoms with Gasteiger partial charge in [0.2, 0.25) is 0 Å². The molecule has 0 aliphatic carbocycles. The highest BCUT2D eigenvalue weighted by atomic mass is 32.2. The van der Waals surface area contributed by atoms with E-state index >= 15 is 0 Å². The van der Waals surface area contributed by atoms with Crippen molar-refractivity contribution in [2.45, 2.75) is 29.4 Å². The highest BCUT2D eigenvalue weighted by Gasteiger charge is 2.32. The number of hydrogen-bond donors (Lipinski definition) is 2. The minimum atomic E-state index is -4.74. The lowest BCUT2D eigenvalue weighted by Crippen LogP contribution is -2.35. The summed E-state index contributed by atoms with van der Waals surface area (Å²) in [7, 11) is -7.85. The average molecular weight is 620 g/mol. The molecule has 1 heterocycles. The van der Waals surface area contributed by atoms with Crippen LogP contribution in [0.1, 0.15) is 27.2 Å². The number of carbonyl (C=O) groups excluding carboxylic acids is 1. The first-order valence-electron chi connectivity index (χ1n) is 12.2. The molecular weight excluding hydrogens is 595 g/mol. The van der Waals surface area contributed by atoms with Crippen molar-refractivity contribution in [3.05, 3.63) is 118 Å². The number of aryl methyl sites for hydroxylation is 1. The van der Waals surface area contributed by atoms with E-state index in [2.05, 4.69) is 9.71 Å². The van der Waals surface area contributed by atoms with Gasteiger partial charge in [0.25, 0.3) is 21.5 Å². The monoisotopic (exact) mass is 619 g/mol. The summed E-state index contributed by atoms with van der Waals surface area (Å²) in [5, 5.41) is 0. The molecule has 0 aliphatic heterocycles. The summed E-state index contributed by atoms with van der Waals surface area (Å²) >= 11 is 0. The molecule has 0 aliphatic rings. The van der Waals surface area contributed by atoms with E-state index in [4.69, 9.17) is 0 Å². The predicted molar refractivity (Wildman–Crippen MR) is 151 cm³/mol. The maximum atomic E-state index is 13.8. The molecule has 14 heteroatoms. The Hall–Kier alpha value is -4.43. The summed E-state index contributed by atoms with van der Waals surface area (Å²) in [6.45, 7) is 0.949. The summed E-state index contributed by atoms with van der Waals surface area (Å²) in [5.41, 5.74) is -2.40. The number of halogens is 3. The maximum absolute atomic E-state index is 13.8. The Balaban J connectivity index is 1.81. The van der Waals surface area contributed by atoms with Gasteiger partial charge in [-0.2, -0.15) is 13.2 Å². The van der Waals surface area contributed by atoms with Gasteiger partial charge in [0.1, 0.15) is 10.5 Å². The number of pyridine rings is 1. The largest absolute Gasteiger partial charge is 0.416 e. The standard InChI is InChI=1S/C28H24F3N3O6S2/c1-18-25(42(39,40)33-21-8-4-3-5-9-21)16-24(26(35)32-18)27(36)34(22-10-6-7-20(15-22)28(29,30)31)17-19-11-13-23(14-12-19)41(2,37)38/h3-16,33H,17H2,1-2H3,(H,32,35). The molecule has 0 fully saturated rings. The van der Waals surface area contributed by atoms with Gasteiger partial charge in [0.15, 0.2) is 9.84 Å². The van der Waals surface area contributed by atoms with Gasteiger partial charge in [-0.1, -0.05) is 36.4 Å². The topological polar surface area (TPSA) is 133 Å². The summed E-state index contributed by atoms with van der Waals surface area (Å²) in [5.74, 6) is -1.08. The fourth-order valence-corrected chi connectivity index (χ4v) is 5.97. The van der Waals surface area contributed by atoms with Gasteiger partial charge in [-0.3, -0.25) is 14.3 Å². The smallest absolute Gasteiger partial charge is 0.324 e. The second kappa shape index (κ2) is 11.4. The van der Waals surface area contributed by atoms with Gasteiger partial charge in [-0.05, 0) is 61.0 Å². The predicted octanol–water partition coefficient (Wildman–Crippen LogP) is 4.75. The van der Waals surface area contributed by atoms with Crippen LogP contribution in [0.25, 0.3) is 0 Å². The highest BCUT2D eigenvalue weighted by Crippen LogP contribution is 2.32. The molecule has 2 N–H and O–H groups in total. The molecule has 1 aromatic heterocycles. The Morgan fingerprint density at radius 2 is 1.55 bits per heavy atom. The molecule has 4 rings (SSSR count). The van der Waals surface area contributed by atoms with E-state index in [1.807, 2.05) is 0 Å². The zero-order valence-corrected chi connectivity index (χ0v) is 23.8. The van der Waals surface area contributed by atoms with Crippen LogP contribution < -0.4 is 15.2 Å². The van der Waals surface area contributed by atoms with Gasteiger partial charge >= 0.3 is 6.18 Å². The van der Waals surface area contributed by atoms with Gasteiger partial charge in [0.05, 0.1) is 17.0 Å². The molecule has 1 amide bonds. The van der Waals surface area contributed by atoms with Gasteiger partial charge in [-0.15, -0.1) is 0 Å². The third-order valence-corrected chi connectivity index (χ3v) is 8.80. The van der Waals surface area contributed by atoms with E-state index < -0.39 is 53.5 Å². The van der Waals surface area contributed by atoms with Crippen LogP contribution in [-0.4, -0.2) is 34.0 Å². The first-order valence-corrected chi connectivity index (χ1v) is 15.5. The first-order chi connectivity index (χ1) is 19.6. The van der Waals surface area contributed by atoms with Crippen LogP contribution in [0.4, 0.5) is 24.5 Å². The van der Waals surface area contributed by atoms with Crippen molar-refractivity contribution in [1.82, 2.24) is 4.98 Å². The molecule has 3 aromatic carbocycles. The van der Waals surface area contributed by atoms with Crippen molar-refractivity contribution in [3.8, 4) is 0 Å². The van der Waals surface area contributed by atoms with E-state index in [1.165, 1.54) is 49.4 Å². The van der Waals surface area contributed by atoms with Crippen LogP contribution in [0, 0.1) is 6.92 Å². The molecule has 0 bridgehead atoms. The number of nitrogens with one attached hydrogen (secondary N) is 2. The SMILES string of the molecule is Cc1[nH]c(=O)c(C(=O)N(Cc2ccc(S(C)(=O)=O)cc2)c2cccc(C(F)(F)F)c2)cc1S(=O)(=O)Nc1ccccc1. The third-order valence-electron chi connectivity index (χ3n) is 6.16. The summed E-state index contributed by atoms with van der Waals surface area (Å²) < 4.78 is 93.0. The molecule has 0 radical (unpaired) electrons. The maximum Gasteiger partial charge on any atom is 0.416 e. The zero-order valence-electron chi connectivity index (χ0n) is 22.1. The van der Waals surface area contributed by atoms with Gasteiger partial charge in [-0.25, -0.2) is 16.8 Å². The Kier molecular flexibility index (Phi) is 8.32. The zero-order chi connectivity index (χ0) is 30.9. The summed E-state index contributed by atoms with van der Waals surface area (Å²) in [6, 6.07) is 17.9. The van der Waals surface area contributed by atoms with E-state index in [0.29, 0.717) is 5.56 Å². The summed E-state index contributed by atoms with van der Waals surface area (Å²) in [6.07, 6.45) is -3.74. The molecule has 42 heavy (non-hydrogen) atoms. The lowest BCUT2D eigenvalue weighted by molar-refractivity contribution is -0.137. The quantitative estimate of drug-likeness (QED) is 0.292. The van der Waals surface area contributed by atoms with Crippen LogP contribution in [0.3, 0.4) is 0 Å². The van der Waals surface area contributed by atoms with Crippen molar-refractivity contribution in [2.24, 2.45) is 0 Å². The van der Waals surface area contributed by atoms with Crippen molar-refractivity contribution in [2.75, 3.05) is 15.9 Å². The second-order valence-electron chi connectivity index (χ2n) is 9.33. The minimum absolute atomic E-state index is 0.0149. The molecule has 0 atom stereocenters. The average Bonchev–Trinajstić information content (AvgIpc) is 2.91. The number of H-pyrrole nitrogens is 1. The Labute approximate surface area is 239 Å². The van der Waals surface area contributed by atoms with Gasteiger partial charge in [0, 0.05) is 23.3 Å². The number of sulfonamides is 1. The number of amides is 1. The van der Waals surface area contributed by atoms with Crippen LogP contribution in [0.2, 0.25) is 0 Å². The summed E-state index contributed by atoms with van der Waals surface area (Å²) in [4.78, 5) is 29.5. The second-order valence-corrected chi connectivity index (χ2v) is 13.0. The highest BCUT2D eigenvalue weighted by molar-refractivity contribution is 7.92. The number of benzene rings is 3. The van der Waals surface area contributed by atoms with E-state index in [1.54, 1.807) is 18.2 Å². The number of aromatic amines is 1. The fraction of sp³-hybridized carbons (Fsp3) is 0.143. The molecule has 0 saturated carbocycles. The van der Waals surface area contributed by atoms with Crippen molar-refractivity contribution >= 4 is 37.1 Å². The number of anilines is 2. The number of alkyl halides is 3. The molecule has 9 nitrogen and oxygen atoms in total. The van der Waals surface area contributed by atoms with Gasteiger partial charge < -0.3 is 9.88 Å².